The van der Waals surface area contributed by atoms with Crippen molar-refractivity contribution in [1.29, 1.82) is 0 Å². The van der Waals surface area contributed by atoms with Crippen LogP contribution in [0.5, 0.6) is 5.75 Å². The molecule has 0 aromatic heterocycles. The molecule has 0 aliphatic carbocycles. The maximum atomic E-state index is 11.5. The number of hydrogen-bond donors (Lipinski definition) is 1. The van der Waals surface area contributed by atoms with Crippen molar-refractivity contribution >= 4 is 5.91 Å². The van der Waals surface area contributed by atoms with Crippen LogP contribution in [0.2, 0.25) is 0 Å². The van der Waals surface area contributed by atoms with Gasteiger partial charge < -0.3 is 14.7 Å². The van der Waals surface area contributed by atoms with E-state index in [1.165, 1.54) is 11.8 Å². The highest BCUT2D eigenvalue weighted by Gasteiger charge is 2.23. The van der Waals surface area contributed by atoms with Gasteiger partial charge in [-0.15, -0.1) is 0 Å². The zero-order valence-corrected chi connectivity index (χ0v) is 11.7. The highest BCUT2D eigenvalue weighted by molar-refractivity contribution is 5.73. The number of ether oxygens (including phenoxy) is 1. The standard InChI is InChI=1S/C14H21NO3/c1-9-6-10(2)14(13(7-9)18-5)12(8-16)15(4)11(3)17/h6-7,12,16H,8H2,1-5H3. The lowest BCUT2D eigenvalue weighted by Crippen LogP contribution is -2.32. The van der Waals surface area contributed by atoms with Gasteiger partial charge in [-0.05, 0) is 31.0 Å². The molecule has 1 unspecified atom stereocenters. The number of amides is 1. The third kappa shape index (κ3) is 2.82. The molecule has 1 aromatic carbocycles. The number of carbonyl (C=O) groups is 1. The molecule has 0 saturated heterocycles. The van der Waals surface area contributed by atoms with Crippen LogP contribution in [0.1, 0.15) is 29.7 Å². The van der Waals surface area contributed by atoms with Crippen LogP contribution in [-0.4, -0.2) is 36.7 Å². The van der Waals surface area contributed by atoms with Crippen molar-refractivity contribution in [1.82, 2.24) is 4.90 Å². The summed E-state index contributed by atoms with van der Waals surface area (Å²) in [5, 5.41) is 9.56. The Morgan fingerprint density at radius 3 is 2.50 bits per heavy atom. The first-order valence-corrected chi connectivity index (χ1v) is 5.91. The van der Waals surface area contributed by atoms with Gasteiger partial charge in [0, 0.05) is 19.5 Å². The van der Waals surface area contributed by atoms with Gasteiger partial charge in [-0.25, -0.2) is 0 Å². The van der Waals surface area contributed by atoms with E-state index in [0.717, 1.165) is 16.7 Å². The third-order valence-electron chi connectivity index (χ3n) is 3.18. The SMILES string of the molecule is COc1cc(C)cc(C)c1C(CO)N(C)C(C)=O. The Hall–Kier alpha value is -1.55. The second kappa shape index (κ2) is 5.87. The molecule has 1 amide bonds. The zero-order chi connectivity index (χ0) is 13.9. The number of aliphatic hydroxyl groups excluding tert-OH is 1. The molecular formula is C14H21NO3. The summed E-state index contributed by atoms with van der Waals surface area (Å²) in [7, 11) is 3.28. The molecular weight excluding hydrogens is 230 g/mol. The van der Waals surface area contributed by atoms with Crippen LogP contribution in [0.4, 0.5) is 0 Å². The predicted molar refractivity (Wildman–Crippen MR) is 70.7 cm³/mol. The van der Waals surface area contributed by atoms with Gasteiger partial charge in [0.25, 0.3) is 0 Å². The second-order valence-electron chi connectivity index (χ2n) is 4.53. The average molecular weight is 251 g/mol. The summed E-state index contributed by atoms with van der Waals surface area (Å²) in [6.45, 7) is 5.30. The summed E-state index contributed by atoms with van der Waals surface area (Å²) in [4.78, 5) is 13.0. The summed E-state index contributed by atoms with van der Waals surface area (Å²) in [5.74, 6) is 0.621. The van der Waals surface area contributed by atoms with E-state index in [-0.39, 0.29) is 18.6 Å². The molecule has 0 fully saturated rings. The summed E-state index contributed by atoms with van der Waals surface area (Å²) in [5.41, 5.74) is 2.97. The Morgan fingerprint density at radius 2 is 2.06 bits per heavy atom. The number of carbonyl (C=O) groups excluding carboxylic acids is 1. The largest absolute Gasteiger partial charge is 0.496 e. The first-order valence-electron chi connectivity index (χ1n) is 5.91. The topological polar surface area (TPSA) is 49.8 Å². The number of aliphatic hydroxyl groups is 1. The Morgan fingerprint density at radius 1 is 1.44 bits per heavy atom. The minimum Gasteiger partial charge on any atom is -0.496 e. The van der Waals surface area contributed by atoms with Gasteiger partial charge in [0.15, 0.2) is 0 Å². The zero-order valence-electron chi connectivity index (χ0n) is 11.7. The monoisotopic (exact) mass is 251 g/mol. The fourth-order valence-corrected chi connectivity index (χ4v) is 2.16. The minimum absolute atomic E-state index is 0.0870. The van der Waals surface area contributed by atoms with Gasteiger partial charge in [0.2, 0.25) is 5.91 Å². The lowest BCUT2D eigenvalue weighted by atomic mass is 9.97. The van der Waals surface area contributed by atoms with Gasteiger partial charge in [0.05, 0.1) is 19.8 Å². The third-order valence-corrected chi connectivity index (χ3v) is 3.18. The van der Waals surface area contributed by atoms with Crippen molar-refractivity contribution in [2.75, 3.05) is 20.8 Å². The smallest absolute Gasteiger partial charge is 0.219 e. The molecule has 0 spiro atoms. The number of likely N-dealkylation sites (N-methyl/N-ethyl adjacent to an activating group) is 1. The highest BCUT2D eigenvalue weighted by Crippen LogP contribution is 2.32. The van der Waals surface area contributed by atoms with Gasteiger partial charge in [-0.2, -0.15) is 0 Å². The van der Waals surface area contributed by atoms with Gasteiger partial charge in [0.1, 0.15) is 5.75 Å². The minimum atomic E-state index is -0.377. The van der Waals surface area contributed by atoms with Crippen LogP contribution in [0.25, 0.3) is 0 Å². The summed E-state index contributed by atoms with van der Waals surface area (Å²) >= 11 is 0. The molecule has 18 heavy (non-hydrogen) atoms. The van der Waals surface area contributed by atoms with Gasteiger partial charge >= 0.3 is 0 Å². The number of hydrogen-bond acceptors (Lipinski definition) is 3. The van der Waals surface area contributed by atoms with E-state index in [2.05, 4.69) is 0 Å². The van der Waals surface area contributed by atoms with E-state index >= 15 is 0 Å². The van der Waals surface area contributed by atoms with E-state index in [0.29, 0.717) is 5.75 Å². The van der Waals surface area contributed by atoms with Crippen LogP contribution >= 0.6 is 0 Å². The molecule has 0 saturated carbocycles. The van der Waals surface area contributed by atoms with E-state index in [1.807, 2.05) is 26.0 Å². The summed E-state index contributed by atoms with van der Waals surface area (Å²) in [6, 6.07) is 3.56. The summed E-state index contributed by atoms with van der Waals surface area (Å²) < 4.78 is 5.37. The molecule has 1 N–H and O–H groups in total. The van der Waals surface area contributed by atoms with Crippen molar-refractivity contribution in [2.24, 2.45) is 0 Å². The number of methoxy groups -OCH3 is 1. The maximum Gasteiger partial charge on any atom is 0.219 e. The van der Waals surface area contributed by atoms with Gasteiger partial charge in [-0.1, -0.05) is 6.07 Å². The molecule has 1 rings (SSSR count). The van der Waals surface area contributed by atoms with Crippen molar-refractivity contribution in [2.45, 2.75) is 26.8 Å². The molecule has 1 aromatic rings. The fraction of sp³-hybridized carbons (Fsp3) is 0.500. The second-order valence-corrected chi connectivity index (χ2v) is 4.53. The van der Waals surface area contributed by atoms with Gasteiger partial charge in [-0.3, -0.25) is 4.79 Å². The molecule has 0 heterocycles. The number of nitrogens with zero attached hydrogens (tertiary/aromatic N) is 1. The fourth-order valence-electron chi connectivity index (χ4n) is 2.16. The van der Waals surface area contributed by atoms with E-state index in [4.69, 9.17) is 4.74 Å². The van der Waals surface area contributed by atoms with E-state index in [1.54, 1.807) is 14.2 Å². The molecule has 4 nitrogen and oxygen atoms in total. The Kier molecular flexibility index (Phi) is 4.73. The number of benzene rings is 1. The highest BCUT2D eigenvalue weighted by atomic mass is 16.5. The van der Waals surface area contributed by atoms with Crippen LogP contribution in [-0.2, 0) is 4.79 Å². The lowest BCUT2D eigenvalue weighted by Gasteiger charge is -2.28. The Labute approximate surface area is 108 Å². The molecule has 0 aliphatic rings. The first-order chi connectivity index (χ1) is 8.42. The average Bonchev–Trinajstić information content (AvgIpc) is 2.31. The quantitative estimate of drug-likeness (QED) is 0.888. The molecule has 1 atom stereocenters. The molecule has 0 radical (unpaired) electrons. The normalized spacial score (nSPS) is 12.1. The Bertz CT molecular complexity index is 443. The summed E-state index contributed by atoms with van der Waals surface area (Å²) in [6.07, 6.45) is 0. The Balaban J connectivity index is 3.32. The molecule has 0 aliphatic heterocycles. The maximum absolute atomic E-state index is 11.5. The van der Waals surface area contributed by atoms with Crippen LogP contribution in [0, 0.1) is 13.8 Å². The lowest BCUT2D eigenvalue weighted by molar-refractivity contribution is -0.130. The van der Waals surface area contributed by atoms with E-state index < -0.39 is 0 Å². The van der Waals surface area contributed by atoms with Crippen molar-refractivity contribution in [3.63, 3.8) is 0 Å². The molecule has 100 valence electrons. The molecule has 4 heteroatoms. The predicted octanol–water partition coefficient (Wildman–Crippen LogP) is 1.82. The first kappa shape index (κ1) is 14.5. The van der Waals surface area contributed by atoms with Crippen LogP contribution in [0.15, 0.2) is 12.1 Å². The van der Waals surface area contributed by atoms with E-state index in [9.17, 15) is 9.90 Å². The van der Waals surface area contributed by atoms with Crippen LogP contribution in [0.3, 0.4) is 0 Å². The molecule has 0 bridgehead atoms. The van der Waals surface area contributed by atoms with Crippen molar-refractivity contribution in [3.8, 4) is 5.75 Å². The number of rotatable bonds is 4. The van der Waals surface area contributed by atoms with Crippen molar-refractivity contribution in [3.05, 3.63) is 28.8 Å². The number of aryl methyl sites for hydroxylation is 2. The van der Waals surface area contributed by atoms with Crippen molar-refractivity contribution < 1.29 is 14.6 Å². The van der Waals surface area contributed by atoms with Crippen LogP contribution < -0.4 is 4.74 Å².